The second-order valence-electron chi connectivity index (χ2n) is 29.8. The summed E-state index contributed by atoms with van der Waals surface area (Å²) >= 11 is 0. The summed E-state index contributed by atoms with van der Waals surface area (Å²) in [6.45, 7) is 4.76. The molecule has 0 aliphatic rings. The number of rotatable bonds is 79. The van der Waals surface area contributed by atoms with E-state index in [0.717, 1.165) is 128 Å². The van der Waals surface area contributed by atoms with Crippen molar-refractivity contribution >= 4 is 17.9 Å². The molecule has 0 fully saturated rings. The monoisotopic (exact) mass is 1430 g/mol. The second-order valence-corrected chi connectivity index (χ2v) is 29.8. The van der Waals surface area contributed by atoms with Gasteiger partial charge in [0.05, 0.1) is 34.4 Å². The Balaban J connectivity index is 4.03. The number of ether oxygens (including phenoxy) is 4. The van der Waals surface area contributed by atoms with Crippen LogP contribution in [0.25, 0.3) is 0 Å². The molecule has 1 N–H and O–H groups in total. The molecule has 0 aromatic rings. The highest BCUT2D eigenvalue weighted by Gasteiger charge is 2.25. The third-order valence-corrected chi connectivity index (χ3v) is 18.6. The number of nitrogens with zero attached hydrogens (tertiary/aromatic N) is 1. The molecule has 0 heterocycles. The zero-order valence-corrected chi connectivity index (χ0v) is 67.7. The van der Waals surface area contributed by atoms with Gasteiger partial charge in [0.25, 0.3) is 6.29 Å². The van der Waals surface area contributed by atoms with Gasteiger partial charge in [-0.2, -0.15) is 0 Å². The van der Waals surface area contributed by atoms with Gasteiger partial charge in [0.1, 0.15) is 13.2 Å². The minimum absolute atomic E-state index is 0.179. The van der Waals surface area contributed by atoms with Gasteiger partial charge in [-0.25, -0.2) is 4.79 Å². The number of likely N-dealkylation sites (N-methyl/N-ethyl adjacent to an activating group) is 1. The SMILES string of the molecule is CC/C=C\C/C=C\C/C=C\C/C=C\C/C=C\C/C=C\C/C=C\C/C=C\C/C=C\C/C=C\CCCCCCCCC(=O)OC(COC(=O)CCCCCCCCCCCCCCCCCCCCCCCCCCCCCCC/C=C\C/C=C\CCCCCCC)COC(OCC[N+](C)(C)C)C(=O)O. The molecule has 590 valence electrons. The molecular weight excluding hydrogens is 1270 g/mol. The summed E-state index contributed by atoms with van der Waals surface area (Å²) < 4.78 is 23.0. The zero-order valence-electron chi connectivity index (χ0n) is 67.7. The van der Waals surface area contributed by atoms with Crippen molar-refractivity contribution in [2.24, 2.45) is 0 Å². The van der Waals surface area contributed by atoms with E-state index in [4.69, 9.17) is 18.9 Å². The first-order chi connectivity index (χ1) is 50.6. The number of esters is 2. The van der Waals surface area contributed by atoms with Crippen LogP contribution in [0.1, 0.15) is 373 Å². The topological polar surface area (TPSA) is 108 Å². The number of aliphatic carboxylic acids is 1. The van der Waals surface area contributed by atoms with Crippen LogP contribution in [0.5, 0.6) is 0 Å². The lowest BCUT2D eigenvalue weighted by atomic mass is 10.0. The molecule has 0 aliphatic heterocycles. The van der Waals surface area contributed by atoms with E-state index in [1.54, 1.807) is 0 Å². The average Bonchev–Trinajstić information content (AvgIpc) is 1.16. The number of quaternary nitrogens is 1. The molecule has 0 aliphatic carbocycles. The number of hydrogen-bond acceptors (Lipinski definition) is 7. The number of carbonyl (C=O) groups excluding carboxylic acids is 2. The summed E-state index contributed by atoms with van der Waals surface area (Å²) in [6, 6.07) is 0. The zero-order chi connectivity index (χ0) is 74.6. The Labute approximate surface area is 636 Å². The molecule has 9 nitrogen and oxygen atoms in total. The van der Waals surface area contributed by atoms with Crippen molar-refractivity contribution in [2.45, 2.75) is 386 Å². The van der Waals surface area contributed by atoms with Gasteiger partial charge in [-0.15, -0.1) is 0 Å². The van der Waals surface area contributed by atoms with Crippen molar-refractivity contribution in [3.05, 3.63) is 146 Å². The van der Waals surface area contributed by atoms with Crippen molar-refractivity contribution in [1.82, 2.24) is 0 Å². The minimum atomic E-state index is -1.52. The van der Waals surface area contributed by atoms with Crippen LogP contribution in [-0.2, 0) is 33.3 Å². The standard InChI is InChI=1S/C94H161NO8/c1-6-8-10-12-14-16-18-20-22-24-26-28-30-32-34-36-38-40-42-44-45-46-47-49-50-52-54-56-58-60-62-64-66-68-70-72-74-76-78-80-82-84-91(96)101-88-90(89-102-94(93(98)99)100-87-86-95(3,4)5)103-92(97)85-83-81-79-77-75-73-71-69-67-65-63-61-59-57-55-53-51-48-43-41-39-37-35-33-31-29-27-25-23-21-19-17-15-13-11-9-7-2/h9,11,15,17-18,20-21,23-24,26-27,29,33,35,39,41,48,51,55,57,61,63,67,69,90,94H,6-8,10,12-14,16,19,22,25,28,30-32,34,36-38,40,42-47,49-50,52-54,56,58-60,62,64-66,68,70-89H2,1-5H3/p+1/b11-9-,17-15-,20-18-,23-21-,26-24-,29-27-,35-33-,41-39-,51-48-,57-55-,63-61-,69-67-. The van der Waals surface area contributed by atoms with Crippen LogP contribution in [0.15, 0.2) is 146 Å². The molecule has 0 aromatic carbocycles. The molecule has 9 heteroatoms. The van der Waals surface area contributed by atoms with Crippen LogP contribution < -0.4 is 0 Å². The van der Waals surface area contributed by atoms with Gasteiger partial charge in [0.2, 0.25) is 0 Å². The Morgan fingerprint density at radius 2 is 0.553 bits per heavy atom. The Hall–Kier alpha value is -4.83. The number of allylic oxidation sites excluding steroid dienone is 24. The van der Waals surface area contributed by atoms with Gasteiger partial charge in [-0.05, 0) is 122 Å². The van der Waals surface area contributed by atoms with Crippen molar-refractivity contribution in [3.8, 4) is 0 Å². The van der Waals surface area contributed by atoms with Crippen molar-refractivity contribution in [2.75, 3.05) is 47.5 Å². The Morgan fingerprint density at radius 3 is 0.825 bits per heavy atom. The van der Waals surface area contributed by atoms with Gasteiger partial charge < -0.3 is 28.5 Å². The molecule has 0 aromatic heterocycles. The molecule has 0 saturated carbocycles. The Kier molecular flexibility index (Phi) is 78.9. The lowest BCUT2D eigenvalue weighted by molar-refractivity contribution is -0.870. The van der Waals surface area contributed by atoms with E-state index in [0.29, 0.717) is 23.9 Å². The average molecular weight is 1430 g/mol. The maximum absolute atomic E-state index is 13.0. The lowest BCUT2D eigenvalue weighted by Gasteiger charge is -2.25. The maximum atomic E-state index is 13.0. The molecule has 0 spiro atoms. The molecule has 0 bridgehead atoms. The number of hydrogen-bond donors (Lipinski definition) is 1. The van der Waals surface area contributed by atoms with Crippen LogP contribution >= 0.6 is 0 Å². The van der Waals surface area contributed by atoms with Gasteiger partial charge in [-0.1, -0.05) is 384 Å². The third-order valence-electron chi connectivity index (χ3n) is 18.6. The van der Waals surface area contributed by atoms with E-state index in [-0.39, 0.29) is 32.2 Å². The summed E-state index contributed by atoms with van der Waals surface area (Å²) in [4.78, 5) is 37.8. The highest BCUT2D eigenvalue weighted by Crippen LogP contribution is 2.19. The maximum Gasteiger partial charge on any atom is 0.361 e. The summed E-state index contributed by atoms with van der Waals surface area (Å²) in [5, 5.41) is 9.78. The molecule has 0 rings (SSSR count). The minimum Gasteiger partial charge on any atom is -0.477 e. The van der Waals surface area contributed by atoms with Crippen molar-refractivity contribution < 1.29 is 42.9 Å². The lowest BCUT2D eigenvalue weighted by Crippen LogP contribution is -2.40. The van der Waals surface area contributed by atoms with Gasteiger partial charge in [0, 0.05) is 12.8 Å². The van der Waals surface area contributed by atoms with Crippen molar-refractivity contribution in [1.29, 1.82) is 0 Å². The van der Waals surface area contributed by atoms with E-state index in [9.17, 15) is 19.5 Å². The van der Waals surface area contributed by atoms with E-state index in [1.165, 1.54) is 212 Å². The largest absolute Gasteiger partial charge is 0.477 e. The van der Waals surface area contributed by atoms with Crippen molar-refractivity contribution in [3.63, 3.8) is 0 Å². The number of carboxylic acids is 1. The van der Waals surface area contributed by atoms with Gasteiger partial charge >= 0.3 is 17.9 Å². The Bertz CT molecular complexity index is 2220. The Morgan fingerprint density at radius 1 is 0.301 bits per heavy atom. The molecule has 0 amide bonds. The number of carbonyl (C=O) groups is 3. The van der Waals surface area contributed by atoms with E-state index in [1.807, 2.05) is 21.1 Å². The summed E-state index contributed by atoms with van der Waals surface area (Å²) in [6.07, 6.45) is 119. The first-order valence-electron chi connectivity index (χ1n) is 43.0. The van der Waals surface area contributed by atoms with Crippen LogP contribution in [-0.4, -0.2) is 87.4 Å². The summed E-state index contributed by atoms with van der Waals surface area (Å²) in [5.41, 5.74) is 0. The van der Waals surface area contributed by atoms with Crippen LogP contribution in [0, 0.1) is 0 Å². The van der Waals surface area contributed by atoms with Crippen LogP contribution in [0.4, 0.5) is 0 Å². The fourth-order valence-corrected chi connectivity index (χ4v) is 12.1. The summed E-state index contributed by atoms with van der Waals surface area (Å²) in [7, 11) is 5.98. The molecule has 103 heavy (non-hydrogen) atoms. The number of carboxylic acid groups (broad SMARTS) is 1. The fourth-order valence-electron chi connectivity index (χ4n) is 12.1. The predicted molar refractivity (Wildman–Crippen MR) is 447 cm³/mol. The van der Waals surface area contributed by atoms with E-state index in [2.05, 4.69) is 160 Å². The first-order valence-corrected chi connectivity index (χ1v) is 43.0. The molecule has 2 unspecified atom stereocenters. The van der Waals surface area contributed by atoms with Crippen LogP contribution in [0.3, 0.4) is 0 Å². The normalized spacial score (nSPS) is 13.4. The molecule has 0 radical (unpaired) electrons. The fraction of sp³-hybridized carbons (Fsp3) is 0.713. The highest BCUT2D eigenvalue weighted by atomic mass is 16.7. The van der Waals surface area contributed by atoms with Crippen LogP contribution in [0.2, 0.25) is 0 Å². The highest BCUT2D eigenvalue weighted by molar-refractivity contribution is 5.71. The predicted octanol–water partition coefficient (Wildman–Crippen LogP) is 28.2. The quantitative estimate of drug-likeness (QED) is 0.0211. The van der Waals surface area contributed by atoms with E-state index >= 15 is 0 Å². The van der Waals surface area contributed by atoms with Gasteiger partial charge in [0.15, 0.2) is 6.10 Å². The molecule has 0 saturated heterocycles. The summed E-state index contributed by atoms with van der Waals surface area (Å²) in [5.74, 6) is -2.02. The number of unbranched alkanes of at least 4 members (excludes halogenated alkanes) is 40. The molecule has 2 atom stereocenters. The smallest absolute Gasteiger partial charge is 0.361 e. The third kappa shape index (κ3) is 84.3. The molecular formula is C94H162NO8+. The van der Waals surface area contributed by atoms with E-state index < -0.39 is 24.3 Å². The first kappa shape index (κ1) is 98.2. The second kappa shape index (κ2) is 82.8. The van der Waals surface area contributed by atoms with Gasteiger partial charge in [-0.3, -0.25) is 9.59 Å².